The number of anilines is 1. The molecule has 1 aromatic carbocycles. The van der Waals surface area contributed by atoms with Crippen molar-refractivity contribution in [1.82, 2.24) is 0 Å². The molecule has 0 aliphatic carbocycles. The van der Waals surface area contributed by atoms with Gasteiger partial charge in [-0.15, -0.1) is 0 Å². The van der Waals surface area contributed by atoms with E-state index >= 15 is 0 Å². The van der Waals surface area contributed by atoms with Crippen LogP contribution in [0.1, 0.15) is 19.3 Å². The summed E-state index contributed by atoms with van der Waals surface area (Å²) in [6.07, 6.45) is 5.19. The van der Waals surface area contributed by atoms with Crippen LogP contribution in [0.25, 0.3) is 0 Å². The monoisotopic (exact) mass is 335 g/mol. The third kappa shape index (κ3) is 4.00. The molecule has 2 aliphatic heterocycles. The summed E-state index contributed by atoms with van der Waals surface area (Å²) in [5.74, 6) is -0.0250. The van der Waals surface area contributed by atoms with Gasteiger partial charge in [-0.3, -0.25) is 9.69 Å². The van der Waals surface area contributed by atoms with Crippen molar-refractivity contribution in [2.24, 2.45) is 0 Å². The molecular weight excluding hydrogens is 312 g/mol. The second-order valence-corrected chi connectivity index (χ2v) is 8.24. The van der Waals surface area contributed by atoms with Gasteiger partial charge in [0, 0.05) is 11.1 Å². The number of sulfone groups is 1. The van der Waals surface area contributed by atoms with E-state index in [-0.39, 0.29) is 11.7 Å². The van der Waals surface area contributed by atoms with Gasteiger partial charge in [-0.1, -0.05) is 18.2 Å². The van der Waals surface area contributed by atoms with Crippen LogP contribution in [0.2, 0.25) is 0 Å². The van der Waals surface area contributed by atoms with Crippen LogP contribution in [-0.2, 0) is 14.6 Å². The number of nitrogens with zero attached hydrogens (tertiary/aromatic N) is 1. The first-order valence-corrected chi connectivity index (χ1v) is 9.88. The first kappa shape index (κ1) is 16.2. The van der Waals surface area contributed by atoms with Gasteiger partial charge in [0.2, 0.25) is 0 Å². The first-order chi connectivity index (χ1) is 11.1. The molecule has 1 amide bonds. The minimum atomic E-state index is -3.20. The molecule has 0 unspecified atom stereocenters. The highest BCUT2D eigenvalue weighted by molar-refractivity contribution is 7.94. The third-order valence-corrected chi connectivity index (χ3v) is 5.89. The fraction of sp³-hybridized carbons (Fsp3) is 0.471. The van der Waals surface area contributed by atoms with Crippen molar-refractivity contribution in [2.45, 2.75) is 25.3 Å². The highest BCUT2D eigenvalue weighted by Crippen LogP contribution is 2.22. The fourth-order valence-corrected chi connectivity index (χ4v) is 4.62. The van der Waals surface area contributed by atoms with Gasteiger partial charge in [-0.25, -0.2) is 8.42 Å². The highest BCUT2D eigenvalue weighted by atomic mass is 32.2. The van der Waals surface area contributed by atoms with Crippen LogP contribution in [-0.4, -0.2) is 45.8 Å². The smallest absolute Gasteiger partial charge is 0.282 e. The van der Waals surface area contributed by atoms with E-state index in [1.807, 2.05) is 30.3 Å². The van der Waals surface area contributed by atoms with E-state index in [0.717, 1.165) is 31.6 Å². The zero-order valence-electron chi connectivity index (χ0n) is 13.1. The molecule has 3 rings (SSSR count). The number of likely N-dealkylation sites (tertiary alicyclic amines) is 1. The van der Waals surface area contributed by atoms with Crippen LogP contribution in [0.4, 0.5) is 5.69 Å². The van der Waals surface area contributed by atoms with E-state index in [0.29, 0.717) is 6.54 Å². The largest absolute Gasteiger partial charge is 0.327 e. The van der Waals surface area contributed by atoms with Gasteiger partial charge in [0.1, 0.15) is 0 Å². The standard InChI is InChI=1S/C17H22N2O3S/c20-17(13-18-10-5-2-6-11-18)19(15-7-3-1-4-8-15)16-9-12-23(21,22)14-16/h1,3-4,7-9,12,16H,2,5-6,10-11,13-14H2/p+1/t16-/m1/s1. The Labute approximate surface area is 137 Å². The molecule has 0 saturated carbocycles. The fourth-order valence-electron chi connectivity index (χ4n) is 3.36. The summed E-state index contributed by atoms with van der Waals surface area (Å²) < 4.78 is 23.5. The molecule has 0 aromatic heterocycles. The normalized spacial score (nSPS) is 23.7. The maximum Gasteiger partial charge on any atom is 0.282 e. The van der Waals surface area contributed by atoms with Crippen molar-refractivity contribution in [3.63, 3.8) is 0 Å². The Morgan fingerprint density at radius 1 is 1.13 bits per heavy atom. The van der Waals surface area contributed by atoms with E-state index in [4.69, 9.17) is 0 Å². The molecule has 0 spiro atoms. The number of amides is 1. The van der Waals surface area contributed by atoms with Gasteiger partial charge < -0.3 is 4.90 Å². The van der Waals surface area contributed by atoms with Gasteiger partial charge >= 0.3 is 0 Å². The Morgan fingerprint density at radius 3 is 2.43 bits per heavy atom. The van der Waals surface area contributed by atoms with Gasteiger partial charge in [0.25, 0.3) is 5.91 Å². The summed E-state index contributed by atoms with van der Waals surface area (Å²) in [6.45, 7) is 2.47. The molecule has 124 valence electrons. The Morgan fingerprint density at radius 2 is 1.83 bits per heavy atom. The van der Waals surface area contributed by atoms with Crippen LogP contribution >= 0.6 is 0 Å². The molecule has 1 saturated heterocycles. The average Bonchev–Trinajstić information content (AvgIpc) is 2.89. The number of piperidine rings is 1. The summed E-state index contributed by atoms with van der Waals surface area (Å²) in [5.41, 5.74) is 0.764. The molecule has 0 radical (unpaired) electrons. The van der Waals surface area contributed by atoms with Crippen LogP contribution in [0, 0.1) is 0 Å². The molecule has 2 heterocycles. The molecule has 2 aliphatic rings. The predicted molar refractivity (Wildman–Crippen MR) is 90.1 cm³/mol. The van der Waals surface area contributed by atoms with Crippen molar-refractivity contribution in [3.05, 3.63) is 41.8 Å². The molecule has 1 N–H and O–H groups in total. The number of carbonyl (C=O) groups excluding carboxylic acids is 1. The van der Waals surface area contributed by atoms with Crippen LogP contribution in [0.3, 0.4) is 0 Å². The predicted octanol–water partition coefficient (Wildman–Crippen LogP) is 0.399. The van der Waals surface area contributed by atoms with Gasteiger partial charge in [-0.05, 0) is 37.5 Å². The van der Waals surface area contributed by atoms with Crippen molar-refractivity contribution < 1.29 is 18.1 Å². The van der Waals surface area contributed by atoms with E-state index < -0.39 is 15.9 Å². The quantitative estimate of drug-likeness (QED) is 0.866. The van der Waals surface area contributed by atoms with E-state index in [2.05, 4.69) is 0 Å². The van der Waals surface area contributed by atoms with Gasteiger partial charge in [0.15, 0.2) is 16.4 Å². The molecule has 1 aromatic rings. The highest BCUT2D eigenvalue weighted by Gasteiger charge is 2.33. The number of benzene rings is 1. The third-order valence-electron chi connectivity index (χ3n) is 4.51. The molecule has 23 heavy (non-hydrogen) atoms. The van der Waals surface area contributed by atoms with E-state index in [9.17, 15) is 13.2 Å². The minimum absolute atomic E-state index is 0.000139. The lowest BCUT2D eigenvalue weighted by Crippen LogP contribution is -3.14. The van der Waals surface area contributed by atoms with Gasteiger partial charge in [0.05, 0.1) is 24.9 Å². The number of carbonyl (C=O) groups is 1. The average molecular weight is 335 g/mol. The number of hydrogen-bond acceptors (Lipinski definition) is 3. The number of rotatable bonds is 4. The van der Waals surface area contributed by atoms with Crippen LogP contribution < -0.4 is 9.80 Å². The van der Waals surface area contributed by atoms with Crippen LogP contribution in [0.15, 0.2) is 41.8 Å². The Hall–Kier alpha value is -1.66. The SMILES string of the molecule is O=C(C[NH+]1CCCCC1)N(c1ccccc1)[C@@H]1C=CS(=O)(=O)C1. The summed E-state index contributed by atoms with van der Waals surface area (Å²) in [6, 6.07) is 8.96. The molecular formula is C17H23N2O3S+. The number of para-hydroxylation sites is 1. The Bertz CT molecular complexity index is 679. The van der Waals surface area contributed by atoms with Crippen molar-refractivity contribution in [3.8, 4) is 0 Å². The second kappa shape index (κ2) is 6.84. The zero-order valence-corrected chi connectivity index (χ0v) is 14.0. The maximum absolute atomic E-state index is 12.9. The summed E-state index contributed by atoms with van der Waals surface area (Å²) >= 11 is 0. The number of nitrogens with one attached hydrogen (secondary N) is 1. The molecule has 5 nitrogen and oxygen atoms in total. The van der Waals surface area contributed by atoms with Crippen molar-refractivity contribution in [2.75, 3.05) is 30.3 Å². The lowest BCUT2D eigenvalue weighted by atomic mass is 10.1. The van der Waals surface area contributed by atoms with Crippen molar-refractivity contribution in [1.29, 1.82) is 0 Å². The summed E-state index contributed by atoms with van der Waals surface area (Å²) in [4.78, 5) is 15.8. The second-order valence-electron chi connectivity index (χ2n) is 6.31. The van der Waals surface area contributed by atoms with Crippen molar-refractivity contribution >= 4 is 21.4 Å². The molecule has 1 fully saturated rings. The van der Waals surface area contributed by atoms with E-state index in [1.165, 1.54) is 16.7 Å². The Kier molecular flexibility index (Phi) is 4.82. The first-order valence-electron chi connectivity index (χ1n) is 8.17. The molecule has 6 heteroatoms. The van der Waals surface area contributed by atoms with E-state index in [1.54, 1.807) is 11.0 Å². The number of hydrogen-bond donors (Lipinski definition) is 1. The molecule has 0 bridgehead atoms. The topological polar surface area (TPSA) is 58.9 Å². The van der Waals surface area contributed by atoms with Crippen LogP contribution in [0.5, 0.6) is 0 Å². The lowest BCUT2D eigenvalue weighted by molar-refractivity contribution is -0.896. The minimum Gasteiger partial charge on any atom is -0.327 e. The zero-order chi connectivity index (χ0) is 16.3. The maximum atomic E-state index is 12.9. The number of quaternary nitrogens is 1. The molecule has 1 atom stereocenters. The Balaban J connectivity index is 1.80. The lowest BCUT2D eigenvalue weighted by Gasteiger charge is -2.30. The summed E-state index contributed by atoms with van der Waals surface area (Å²) in [5, 5.41) is 1.23. The van der Waals surface area contributed by atoms with Gasteiger partial charge in [-0.2, -0.15) is 0 Å². The summed E-state index contributed by atoms with van der Waals surface area (Å²) in [7, 11) is -3.20.